The van der Waals surface area contributed by atoms with Crippen molar-refractivity contribution in [3.63, 3.8) is 0 Å². The molecule has 2 aromatic heterocycles. The average Bonchev–Trinajstić information content (AvgIpc) is 2.92. The highest BCUT2D eigenvalue weighted by molar-refractivity contribution is 5.95. The molecule has 5 nitrogen and oxygen atoms in total. The van der Waals surface area contributed by atoms with Crippen molar-refractivity contribution in [2.45, 2.75) is 13.8 Å². The van der Waals surface area contributed by atoms with Crippen LogP contribution >= 0.6 is 0 Å². The number of rotatable bonds is 3. The summed E-state index contributed by atoms with van der Waals surface area (Å²) >= 11 is 0. The fraction of sp³-hybridized carbons (Fsp3) is 0.235. The number of pyridine rings is 1. The standard InChI is InChI=1S/C17H17N3O2/c1-4-22-17(21)12-5-6-16-13(7-12)8-15(11(2)19-16)14-9-18-20(3)10-14/h5-10H,4H2,1-3H3. The van der Waals surface area contributed by atoms with Gasteiger partial charge in [-0.3, -0.25) is 9.67 Å². The summed E-state index contributed by atoms with van der Waals surface area (Å²) in [6.45, 7) is 4.13. The van der Waals surface area contributed by atoms with E-state index in [9.17, 15) is 4.79 Å². The summed E-state index contributed by atoms with van der Waals surface area (Å²) in [5.41, 5.74) is 4.36. The highest BCUT2D eigenvalue weighted by Gasteiger charge is 2.11. The molecule has 0 aliphatic heterocycles. The third kappa shape index (κ3) is 2.57. The minimum Gasteiger partial charge on any atom is -0.462 e. The van der Waals surface area contributed by atoms with Gasteiger partial charge in [0.1, 0.15) is 0 Å². The van der Waals surface area contributed by atoms with Crippen LogP contribution in [0.1, 0.15) is 23.0 Å². The van der Waals surface area contributed by atoms with E-state index in [1.54, 1.807) is 17.7 Å². The highest BCUT2D eigenvalue weighted by atomic mass is 16.5. The monoisotopic (exact) mass is 295 g/mol. The van der Waals surface area contributed by atoms with Gasteiger partial charge in [0.05, 0.1) is 23.9 Å². The van der Waals surface area contributed by atoms with Gasteiger partial charge in [0.2, 0.25) is 0 Å². The van der Waals surface area contributed by atoms with Gasteiger partial charge in [-0.25, -0.2) is 4.79 Å². The molecule has 0 amide bonds. The average molecular weight is 295 g/mol. The molecule has 0 spiro atoms. The molecular weight excluding hydrogens is 278 g/mol. The molecule has 0 aliphatic carbocycles. The zero-order chi connectivity index (χ0) is 15.7. The van der Waals surface area contributed by atoms with Gasteiger partial charge in [-0.15, -0.1) is 0 Å². The van der Waals surface area contributed by atoms with Crippen LogP contribution in [0.3, 0.4) is 0 Å². The molecule has 0 saturated carbocycles. The fourth-order valence-corrected chi connectivity index (χ4v) is 2.47. The Morgan fingerprint density at radius 3 is 2.82 bits per heavy atom. The lowest BCUT2D eigenvalue weighted by atomic mass is 10.0. The van der Waals surface area contributed by atoms with Crippen LogP contribution in [-0.2, 0) is 11.8 Å². The Morgan fingerprint density at radius 2 is 2.14 bits per heavy atom. The largest absolute Gasteiger partial charge is 0.462 e. The molecule has 3 rings (SSSR count). The molecule has 22 heavy (non-hydrogen) atoms. The van der Waals surface area contributed by atoms with Crippen molar-refractivity contribution >= 4 is 16.9 Å². The van der Waals surface area contributed by atoms with Crippen LogP contribution in [0.4, 0.5) is 0 Å². The second-order valence-electron chi connectivity index (χ2n) is 5.15. The number of nitrogens with zero attached hydrogens (tertiary/aromatic N) is 3. The molecule has 3 aromatic rings. The molecule has 0 atom stereocenters. The molecule has 5 heteroatoms. The van der Waals surface area contributed by atoms with Crippen molar-refractivity contribution in [1.82, 2.24) is 14.8 Å². The first-order valence-electron chi connectivity index (χ1n) is 7.16. The van der Waals surface area contributed by atoms with E-state index in [2.05, 4.69) is 10.1 Å². The molecule has 0 bridgehead atoms. The van der Waals surface area contributed by atoms with Crippen LogP contribution in [0.2, 0.25) is 0 Å². The zero-order valence-corrected chi connectivity index (χ0v) is 12.8. The van der Waals surface area contributed by atoms with Gasteiger partial charge < -0.3 is 4.74 Å². The van der Waals surface area contributed by atoms with Gasteiger partial charge >= 0.3 is 5.97 Å². The Kier molecular flexibility index (Phi) is 3.63. The number of aromatic nitrogens is 3. The molecule has 0 aliphatic rings. The van der Waals surface area contributed by atoms with E-state index in [4.69, 9.17) is 4.74 Å². The lowest BCUT2D eigenvalue weighted by molar-refractivity contribution is 0.0526. The minimum absolute atomic E-state index is 0.312. The smallest absolute Gasteiger partial charge is 0.338 e. The number of esters is 1. The van der Waals surface area contributed by atoms with Crippen molar-refractivity contribution in [1.29, 1.82) is 0 Å². The van der Waals surface area contributed by atoms with E-state index in [-0.39, 0.29) is 5.97 Å². The minimum atomic E-state index is -0.312. The van der Waals surface area contributed by atoms with E-state index in [0.717, 1.165) is 27.7 Å². The first-order valence-corrected chi connectivity index (χ1v) is 7.16. The fourth-order valence-electron chi connectivity index (χ4n) is 2.47. The maximum absolute atomic E-state index is 11.9. The van der Waals surface area contributed by atoms with E-state index >= 15 is 0 Å². The van der Waals surface area contributed by atoms with Crippen LogP contribution in [0.5, 0.6) is 0 Å². The highest BCUT2D eigenvalue weighted by Crippen LogP contribution is 2.26. The number of aryl methyl sites for hydroxylation is 2. The zero-order valence-electron chi connectivity index (χ0n) is 12.8. The van der Waals surface area contributed by atoms with E-state index < -0.39 is 0 Å². The molecule has 112 valence electrons. The first-order chi connectivity index (χ1) is 10.6. The number of fused-ring (bicyclic) bond motifs is 1. The molecule has 0 fully saturated rings. The van der Waals surface area contributed by atoms with Crippen molar-refractivity contribution in [2.24, 2.45) is 7.05 Å². The molecule has 0 N–H and O–H groups in total. The van der Waals surface area contributed by atoms with E-state index in [0.29, 0.717) is 12.2 Å². The molecule has 0 radical (unpaired) electrons. The van der Waals surface area contributed by atoms with Crippen LogP contribution in [0.25, 0.3) is 22.0 Å². The topological polar surface area (TPSA) is 57.0 Å². The van der Waals surface area contributed by atoms with Crippen LogP contribution in [-0.4, -0.2) is 27.3 Å². The third-order valence-corrected chi connectivity index (χ3v) is 3.53. The Hall–Kier alpha value is -2.69. The van der Waals surface area contributed by atoms with Crippen LogP contribution in [0.15, 0.2) is 36.7 Å². The molecular formula is C17H17N3O2. The van der Waals surface area contributed by atoms with Crippen LogP contribution < -0.4 is 0 Å². The van der Waals surface area contributed by atoms with Crippen molar-refractivity contribution in [3.05, 3.63) is 47.9 Å². The van der Waals surface area contributed by atoms with E-state index in [1.165, 1.54) is 0 Å². The molecule has 1 aromatic carbocycles. The number of hydrogen-bond acceptors (Lipinski definition) is 4. The molecule has 0 saturated heterocycles. The number of ether oxygens (including phenoxy) is 1. The third-order valence-electron chi connectivity index (χ3n) is 3.53. The normalized spacial score (nSPS) is 10.9. The first kappa shape index (κ1) is 14.3. The van der Waals surface area contributed by atoms with Crippen molar-refractivity contribution in [3.8, 4) is 11.1 Å². The van der Waals surface area contributed by atoms with Crippen molar-refractivity contribution < 1.29 is 9.53 Å². The summed E-state index contributed by atoms with van der Waals surface area (Å²) in [6.07, 6.45) is 3.76. The number of benzene rings is 1. The number of carbonyl (C=O) groups is 1. The Morgan fingerprint density at radius 1 is 1.32 bits per heavy atom. The molecule has 0 unspecified atom stereocenters. The summed E-state index contributed by atoms with van der Waals surface area (Å²) in [4.78, 5) is 16.5. The van der Waals surface area contributed by atoms with Gasteiger partial charge in [0, 0.05) is 35.5 Å². The van der Waals surface area contributed by atoms with Gasteiger partial charge in [0.25, 0.3) is 0 Å². The van der Waals surface area contributed by atoms with Gasteiger partial charge in [-0.2, -0.15) is 5.10 Å². The quantitative estimate of drug-likeness (QED) is 0.697. The summed E-state index contributed by atoms with van der Waals surface area (Å²) in [5.74, 6) is -0.312. The van der Waals surface area contributed by atoms with Gasteiger partial charge in [-0.05, 0) is 38.1 Å². The Bertz CT molecular complexity index is 852. The summed E-state index contributed by atoms with van der Waals surface area (Å²) in [6, 6.07) is 7.45. The Balaban J connectivity index is 2.11. The SMILES string of the molecule is CCOC(=O)c1ccc2nc(C)c(-c3cnn(C)c3)cc2c1. The van der Waals surface area contributed by atoms with Gasteiger partial charge in [-0.1, -0.05) is 0 Å². The summed E-state index contributed by atoms with van der Waals surface area (Å²) in [7, 11) is 1.88. The second kappa shape index (κ2) is 5.60. The Labute approximate surface area is 128 Å². The lowest BCUT2D eigenvalue weighted by Crippen LogP contribution is -2.04. The van der Waals surface area contributed by atoms with Gasteiger partial charge in [0.15, 0.2) is 0 Å². The lowest BCUT2D eigenvalue weighted by Gasteiger charge is -2.07. The predicted molar refractivity (Wildman–Crippen MR) is 84.6 cm³/mol. The predicted octanol–water partition coefficient (Wildman–Crippen LogP) is 3.12. The second-order valence-corrected chi connectivity index (χ2v) is 5.15. The van der Waals surface area contributed by atoms with Crippen LogP contribution in [0, 0.1) is 6.92 Å². The molecule has 2 heterocycles. The number of carbonyl (C=O) groups excluding carboxylic acids is 1. The number of hydrogen-bond donors (Lipinski definition) is 0. The maximum Gasteiger partial charge on any atom is 0.338 e. The summed E-state index contributed by atoms with van der Waals surface area (Å²) < 4.78 is 6.80. The summed E-state index contributed by atoms with van der Waals surface area (Å²) in [5, 5.41) is 5.11. The van der Waals surface area contributed by atoms with Crippen molar-refractivity contribution in [2.75, 3.05) is 6.61 Å². The van der Waals surface area contributed by atoms with E-state index in [1.807, 2.05) is 44.6 Å². The maximum atomic E-state index is 11.9.